The summed E-state index contributed by atoms with van der Waals surface area (Å²) in [5, 5.41) is 6.93. The summed E-state index contributed by atoms with van der Waals surface area (Å²) in [5.74, 6) is -0.339. The van der Waals surface area contributed by atoms with E-state index in [2.05, 4.69) is 49.6 Å². The van der Waals surface area contributed by atoms with Crippen molar-refractivity contribution >= 4 is 29.0 Å². The second kappa shape index (κ2) is 8.62. The number of aryl methyl sites for hydroxylation is 2. The van der Waals surface area contributed by atoms with Gasteiger partial charge in [-0.3, -0.25) is 0 Å². The molecule has 0 heterocycles. The average Bonchev–Trinajstić information content (AvgIpc) is 2.57. The number of anilines is 1. The molecule has 0 amide bonds. The SMILES string of the molecule is CCOC(=O)c1cccc(NC(=S)NC(C)c2cc(C)ccc2C)c1. The molecule has 5 heteroatoms. The molecule has 1 unspecified atom stereocenters. The minimum absolute atomic E-state index is 0.0770. The van der Waals surface area contributed by atoms with Crippen molar-refractivity contribution < 1.29 is 9.53 Å². The third kappa shape index (κ3) is 5.29. The van der Waals surface area contributed by atoms with Crippen LogP contribution in [0.2, 0.25) is 0 Å². The van der Waals surface area contributed by atoms with Gasteiger partial charge in [0.05, 0.1) is 18.2 Å². The van der Waals surface area contributed by atoms with E-state index >= 15 is 0 Å². The number of carbonyl (C=O) groups excluding carboxylic acids is 1. The van der Waals surface area contributed by atoms with Crippen molar-refractivity contribution in [3.8, 4) is 0 Å². The molecule has 0 aromatic heterocycles. The number of benzene rings is 2. The van der Waals surface area contributed by atoms with E-state index in [4.69, 9.17) is 17.0 Å². The lowest BCUT2D eigenvalue weighted by Crippen LogP contribution is -2.31. The normalized spacial score (nSPS) is 11.5. The van der Waals surface area contributed by atoms with Gasteiger partial charge in [0.25, 0.3) is 0 Å². The Bertz CT molecular complexity index is 774. The predicted octanol–water partition coefficient (Wildman–Crippen LogP) is 4.53. The molecule has 0 bridgehead atoms. The highest BCUT2D eigenvalue weighted by molar-refractivity contribution is 7.80. The summed E-state index contributed by atoms with van der Waals surface area (Å²) >= 11 is 5.41. The van der Waals surface area contributed by atoms with Crippen LogP contribution in [-0.2, 0) is 4.74 Å². The van der Waals surface area contributed by atoms with Crippen LogP contribution in [0.3, 0.4) is 0 Å². The van der Waals surface area contributed by atoms with Crippen LogP contribution in [0.15, 0.2) is 42.5 Å². The second-order valence-electron chi connectivity index (χ2n) is 5.98. The van der Waals surface area contributed by atoms with E-state index in [-0.39, 0.29) is 12.0 Å². The molecule has 0 saturated carbocycles. The van der Waals surface area contributed by atoms with Gasteiger partial charge in [-0.15, -0.1) is 0 Å². The Labute approximate surface area is 154 Å². The van der Waals surface area contributed by atoms with Crippen LogP contribution in [0.5, 0.6) is 0 Å². The molecule has 0 aliphatic heterocycles. The van der Waals surface area contributed by atoms with Crippen molar-refractivity contribution in [1.29, 1.82) is 0 Å². The molecule has 1 atom stereocenters. The molecule has 0 spiro atoms. The molecule has 0 saturated heterocycles. The Kier molecular flexibility index (Phi) is 6.53. The molecule has 4 nitrogen and oxygen atoms in total. The van der Waals surface area contributed by atoms with Crippen molar-refractivity contribution in [3.05, 3.63) is 64.7 Å². The first-order valence-corrected chi connectivity index (χ1v) is 8.73. The maximum Gasteiger partial charge on any atom is 0.338 e. The van der Waals surface area contributed by atoms with Gasteiger partial charge in [-0.25, -0.2) is 4.79 Å². The summed E-state index contributed by atoms with van der Waals surface area (Å²) in [6.07, 6.45) is 0. The number of thiocarbonyl (C=S) groups is 1. The first kappa shape index (κ1) is 18.9. The fourth-order valence-electron chi connectivity index (χ4n) is 2.61. The van der Waals surface area contributed by atoms with Crippen LogP contribution in [0.4, 0.5) is 5.69 Å². The average molecular weight is 356 g/mol. The molecule has 0 aliphatic carbocycles. The number of nitrogens with one attached hydrogen (secondary N) is 2. The van der Waals surface area contributed by atoms with Gasteiger partial charge in [0.1, 0.15) is 0 Å². The molecule has 0 aliphatic rings. The van der Waals surface area contributed by atoms with Gasteiger partial charge in [0.2, 0.25) is 0 Å². The third-order valence-corrected chi connectivity index (χ3v) is 4.10. The molecular weight excluding hydrogens is 332 g/mol. The maximum atomic E-state index is 11.8. The van der Waals surface area contributed by atoms with Crippen LogP contribution in [0.25, 0.3) is 0 Å². The number of hydrogen-bond donors (Lipinski definition) is 2. The summed E-state index contributed by atoms with van der Waals surface area (Å²) in [6, 6.07) is 13.6. The fourth-order valence-corrected chi connectivity index (χ4v) is 2.90. The summed E-state index contributed by atoms with van der Waals surface area (Å²) in [6.45, 7) is 8.38. The molecule has 0 radical (unpaired) electrons. The lowest BCUT2D eigenvalue weighted by atomic mass is 10.0. The van der Waals surface area contributed by atoms with E-state index in [1.165, 1.54) is 16.7 Å². The molecule has 132 valence electrons. The molecule has 0 fully saturated rings. The largest absolute Gasteiger partial charge is 0.462 e. The molecule has 2 N–H and O–H groups in total. The van der Waals surface area contributed by atoms with Crippen molar-refractivity contribution in [3.63, 3.8) is 0 Å². The molecule has 25 heavy (non-hydrogen) atoms. The van der Waals surface area contributed by atoms with E-state index in [0.717, 1.165) is 5.69 Å². The Morgan fingerprint density at radius 1 is 1.20 bits per heavy atom. The van der Waals surface area contributed by atoms with Crippen molar-refractivity contribution in [2.45, 2.75) is 33.7 Å². The van der Waals surface area contributed by atoms with Gasteiger partial charge < -0.3 is 15.4 Å². The van der Waals surface area contributed by atoms with Gasteiger partial charge in [-0.2, -0.15) is 0 Å². The lowest BCUT2D eigenvalue weighted by molar-refractivity contribution is 0.0526. The Morgan fingerprint density at radius 2 is 1.96 bits per heavy atom. The highest BCUT2D eigenvalue weighted by atomic mass is 32.1. The summed E-state index contributed by atoms with van der Waals surface area (Å²) in [5.41, 5.74) is 4.89. The van der Waals surface area contributed by atoms with E-state index in [0.29, 0.717) is 17.3 Å². The Balaban J connectivity index is 2.03. The van der Waals surface area contributed by atoms with E-state index in [1.54, 1.807) is 25.1 Å². The van der Waals surface area contributed by atoms with Crippen LogP contribution < -0.4 is 10.6 Å². The first-order chi connectivity index (χ1) is 11.9. The smallest absolute Gasteiger partial charge is 0.338 e. The van der Waals surface area contributed by atoms with E-state index in [1.807, 2.05) is 6.07 Å². The number of ether oxygens (including phenoxy) is 1. The zero-order chi connectivity index (χ0) is 18.4. The molecule has 2 aromatic rings. The minimum atomic E-state index is -0.339. The molecule has 2 aromatic carbocycles. The van der Waals surface area contributed by atoms with Gasteiger partial charge in [-0.05, 0) is 69.2 Å². The highest BCUT2D eigenvalue weighted by Gasteiger charge is 2.11. The van der Waals surface area contributed by atoms with E-state index < -0.39 is 0 Å². The van der Waals surface area contributed by atoms with Crippen molar-refractivity contribution in [2.24, 2.45) is 0 Å². The van der Waals surface area contributed by atoms with Crippen molar-refractivity contribution in [1.82, 2.24) is 5.32 Å². The highest BCUT2D eigenvalue weighted by Crippen LogP contribution is 2.19. The minimum Gasteiger partial charge on any atom is -0.462 e. The summed E-state index contributed by atoms with van der Waals surface area (Å²) < 4.78 is 5.02. The first-order valence-electron chi connectivity index (χ1n) is 8.32. The topological polar surface area (TPSA) is 50.4 Å². The zero-order valence-corrected chi connectivity index (χ0v) is 15.9. The quantitative estimate of drug-likeness (QED) is 0.609. The standard InChI is InChI=1S/C20H24N2O2S/c1-5-24-19(23)16-7-6-8-17(12-16)22-20(25)21-15(4)18-11-13(2)9-10-14(18)3/h6-12,15H,5H2,1-4H3,(H2,21,22,25). The maximum absolute atomic E-state index is 11.8. The van der Waals surface area contributed by atoms with E-state index in [9.17, 15) is 4.79 Å². The van der Waals surface area contributed by atoms with Crippen LogP contribution in [-0.4, -0.2) is 17.7 Å². The number of esters is 1. The van der Waals surface area contributed by atoms with Crippen LogP contribution >= 0.6 is 12.2 Å². The molecular formula is C20H24N2O2S. The third-order valence-electron chi connectivity index (χ3n) is 3.88. The van der Waals surface area contributed by atoms with Gasteiger partial charge in [-0.1, -0.05) is 29.8 Å². The summed E-state index contributed by atoms with van der Waals surface area (Å²) in [4.78, 5) is 11.8. The number of carbonyl (C=O) groups is 1. The van der Waals surface area contributed by atoms with Gasteiger partial charge in [0, 0.05) is 5.69 Å². The summed E-state index contributed by atoms with van der Waals surface area (Å²) in [7, 11) is 0. The monoisotopic (exact) mass is 356 g/mol. The molecule has 2 rings (SSSR count). The lowest BCUT2D eigenvalue weighted by Gasteiger charge is -2.20. The van der Waals surface area contributed by atoms with Crippen molar-refractivity contribution in [2.75, 3.05) is 11.9 Å². The predicted molar refractivity (Wildman–Crippen MR) is 106 cm³/mol. The van der Waals surface area contributed by atoms with Crippen LogP contribution in [0, 0.1) is 13.8 Å². The van der Waals surface area contributed by atoms with Gasteiger partial charge in [0.15, 0.2) is 5.11 Å². The number of hydrogen-bond acceptors (Lipinski definition) is 3. The Morgan fingerprint density at radius 3 is 2.68 bits per heavy atom. The zero-order valence-electron chi connectivity index (χ0n) is 15.1. The number of rotatable bonds is 5. The Hall–Kier alpha value is -2.40. The fraction of sp³-hybridized carbons (Fsp3) is 0.300. The van der Waals surface area contributed by atoms with Gasteiger partial charge >= 0.3 is 5.97 Å². The second-order valence-corrected chi connectivity index (χ2v) is 6.39. The van der Waals surface area contributed by atoms with Crippen LogP contribution in [0.1, 0.15) is 46.9 Å².